The third-order valence-electron chi connectivity index (χ3n) is 5.50. The minimum atomic E-state index is -0.540. The van der Waals surface area contributed by atoms with E-state index in [4.69, 9.17) is 9.47 Å². The smallest absolute Gasteiger partial charge is 0.410 e. The summed E-state index contributed by atoms with van der Waals surface area (Å²) < 4.78 is 10.7. The Balaban J connectivity index is 1.47. The molecule has 1 aromatic rings. The number of carbonyl (C=O) groups is 3. The van der Waals surface area contributed by atoms with Crippen molar-refractivity contribution in [2.24, 2.45) is 0 Å². The summed E-state index contributed by atoms with van der Waals surface area (Å²) in [6.45, 7) is 7.29. The Morgan fingerprint density at radius 3 is 2.35 bits per heavy atom. The number of piperidine rings is 1. The molecule has 2 saturated heterocycles. The molecule has 3 amide bonds. The molecule has 2 fully saturated rings. The summed E-state index contributed by atoms with van der Waals surface area (Å²) in [5.74, 6) is -0.0371. The van der Waals surface area contributed by atoms with Gasteiger partial charge in [-0.2, -0.15) is 0 Å². The largest absolute Gasteiger partial charge is 0.445 e. The van der Waals surface area contributed by atoms with Gasteiger partial charge in [0.1, 0.15) is 18.2 Å². The van der Waals surface area contributed by atoms with E-state index in [0.29, 0.717) is 38.9 Å². The van der Waals surface area contributed by atoms with Gasteiger partial charge in [0.2, 0.25) is 5.91 Å². The van der Waals surface area contributed by atoms with E-state index < -0.39 is 23.8 Å². The van der Waals surface area contributed by atoms with Crippen LogP contribution in [0.3, 0.4) is 0 Å². The van der Waals surface area contributed by atoms with E-state index in [9.17, 15) is 14.4 Å². The molecule has 0 saturated carbocycles. The molecule has 2 aliphatic heterocycles. The Labute approximate surface area is 183 Å². The molecule has 2 heterocycles. The highest BCUT2D eigenvalue weighted by molar-refractivity contribution is 5.86. The second kappa shape index (κ2) is 10.0. The summed E-state index contributed by atoms with van der Waals surface area (Å²) in [4.78, 5) is 41.0. The first kappa shape index (κ1) is 22.9. The highest BCUT2D eigenvalue weighted by Gasteiger charge is 2.38. The van der Waals surface area contributed by atoms with Crippen LogP contribution in [-0.4, -0.2) is 65.2 Å². The van der Waals surface area contributed by atoms with Crippen LogP contribution in [0.1, 0.15) is 52.0 Å². The van der Waals surface area contributed by atoms with Crippen molar-refractivity contribution in [2.45, 2.75) is 70.7 Å². The maximum atomic E-state index is 13.1. The summed E-state index contributed by atoms with van der Waals surface area (Å²) in [7, 11) is 0. The summed E-state index contributed by atoms with van der Waals surface area (Å²) in [5, 5.41) is 2.88. The second-order valence-corrected chi connectivity index (χ2v) is 9.14. The highest BCUT2D eigenvalue weighted by Crippen LogP contribution is 2.23. The molecule has 8 nitrogen and oxygen atoms in total. The first-order valence-corrected chi connectivity index (χ1v) is 11.0. The van der Waals surface area contributed by atoms with Crippen LogP contribution in [0.5, 0.6) is 0 Å². The van der Waals surface area contributed by atoms with Crippen LogP contribution in [0.15, 0.2) is 30.3 Å². The van der Waals surface area contributed by atoms with E-state index >= 15 is 0 Å². The Kier molecular flexibility index (Phi) is 7.41. The van der Waals surface area contributed by atoms with Crippen molar-refractivity contribution in [3.63, 3.8) is 0 Å². The fraction of sp³-hybridized carbons (Fsp3) is 0.609. The van der Waals surface area contributed by atoms with E-state index in [1.807, 2.05) is 51.1 Å². The molecule has 0 radical (unpaired) electrons. The monoisotopic (exact) mass is 431 g/mol. The quantitative estimate of drug-likeness (QED) is 0.790. The van der Waals surface area contributed by atoms with E-state index in [2.05, 4.69) is 5.32 Å². The number of alkyl carbamates (subject to hydrolysis) is 1. The van der Waals surface area contributed by atoms with Gasteiger partial charge in [0, 0.05) is 25.7 Å². The number of ether oxygens (including phenoxy) is 2. The summed E-state index contributed by atoms with van der Waals surface area (Å²) in [6, 6.07) is 9.00. The minimum Gasteiger partial charge on any atom is -0.445 e. The number of hydrogen-bond acceptors (Lipinski definition) is 5. The van der Waals surface area contributed by atoms with Gasteiger partial charge in [-0.25, -0.2) is 9.59 Å². The van der Waals surface area contributed by atoms with Crippen molar-refractivity contribution in [3.8, 4) is 0 Å². The molecule has 170 valence electrons. The van der Waals surface area contributed by atoms with Gasteiger partial charge in [0.25, 0.3) is 0 Å². The molecular weight excluding hydrogens is 398 g/mol. The van der Waals surface area contributed by atoms with Crippen molar-refractivity contribution in [3.05, 3.63) is 35.9 Å². The fourth-order valence-electron chi connectivity index (χ4n) is 3.97. The highest BCUT2D eigenvalue weighted by atomic mass is 16.6. The van der Waals surface area contributed by atoms with Crippen LogP contribution in [-0.2, 0) is 20.9 Å². The average molecular weight is 432 g/mol. The third kappa shape index (κ3) is 6.60. The molecule has 0 spiro atoms. The normalized spacial score (nSPS) is 19.8. The van der Waals surface area contributed by atoms with Crippen LogP contribution < -0.4 is 5.32 Å². The van der Waals surface area contributed by atoms with Crippen molar-refractivity contribution in [1.82, 2.24) is 15.1 Å². The fourth-order valence-corrected chi connectivity index (χ4v) is 3.97. The van der Waals surface area contributed by atoms with Crippen LogP contribution in [0, 0.1) is 0 Å². The Morgan fingerprint density at radius 2 is 1.71 bits per heavy atom. The predicted molar refractivity (Wildman–Crippen MR) is 115 cm³/mol. The topological polar surface area (TPSA) is 88.2 Å². The Morgan fingerprint density at radius 1 is 1.03 bits per heavy atom. The number of nitrogens with zero attached hydrogens (tertiary/aromatic N) is 2. The summed E-state index contributed by atoms with van der Waals surface area (Å²) >= 11 is 0. The van der Waals surface area contributed by atoms with Gasteiger partial charge < -0.3 is 19.7 Å². The first-order valence-electron chi connectivity index (χ1n) is 11.0. The zero-order valence-corrected chi connectivity index (χ0v) is 18.6. The molecule has 3 rings (SSSR count). The Bertz CT molecular complexity index is 769. The molecule has 1 atom stereocenters. The van der Waals surface area contributed by atoms with Gasteiger partial charge in [-0.15, -0.1) is 0 Å². The zero-order chi connectivity index (χ0) is 22.4. The number of likely N-dealkylation sites (tertiary alicyclic amines) is 2. The Hall–Kier alpha value is -2.77. The summed E-state index contributed by atoms with van der Waals surface area (Å²) in [5.41, 5.74) is 0.374. The number of benzene rings is 1. The molecule has 31 heavy (non-hydrogen) atoms. The predicted octanol–water partition coefficient (Wildman–Crippen LogP) is 3.30. The van der Waals surface area contributed by atoms with Gasteiger partial charge in [-0.3, -0.25) is 9.69 Å². The lowest BCUT2D eigenvalue weighted by Crippen LogP contribution is -2.52. The number of rotatable bonds is 4. The van der Waals surface area contributed by atoms with Crippen molar-refractivity contribution in [1.29, 1.82) is 0 Å². The van der Waals surface area contributed by atoms with Crippen LogP contribution in [0.25, 0.3) is 0 Å². The standard InChI is InChI=1S/C23H33N3O5/c1-23(2,3)31-21(28)24-18-11-14-25(15-12-18)20(27)19-10-7-13-26(19)22(29)30-16-17-8-5-4-6-9-17/h4-6,8-9,18-19H,7,10-16H2,1-3H3,(H,24,28)/t19-/m1/s1. The van der Waals surface area contributed by atoms with E-state index in [1.54, 1.807) is 9.80 Å². The molecule has 1 aromatic carbocycles. The number of hydrogen-bond donors (Lipinski definition) is 1. The molecule has 1 N–H and O–H groups in total. The SMILES string of the molecule is CC(C)(C)OC(=O)NC1CCN(C(=O)[C@H]2CCCN2C(=O)OCc2ccccc2)CC1. The van der Waals surface area contributed by atoms with E-state index in [-0.39, 0.29) is 18.6 Å². The summed E-state index contributed by atoms with van der Waals surface area (Å²) in [6.07, 6.45) is 1.89. The number of nitrogens with one attached hydrogen (secondary N) is 1. The van der Waals surface area contributed by atoms with E-state index in [1.165, 1.54) is 0 Å². The zero-order valence-electron chi connectivity index (χ0n) is 18.6. The molecule has 8 heteroatoms. The molecule has 0 aromatic heterocycles. The second-order valence-electron chi connectivity index (χ2n) is 9.14. The minimum absolute atomic E-state index is 0.0191. The first-order chi connectivity index (χ1) is 14.7. The molecule has 0 aliphatic carbocycles. The van der Waals surface area contributed by atoms with Gasteiger partial charge in [-0.1, -0.05) is 30.3 Å². The van der Waals surface area contributed by atoms with Gasteiger partial charge in [0.05, 0.1) is 0 Å². The van der Waals surface area contributed by atoms with E-state index in [0.717, 1.165) is 12.0 Å². The number of carbonyl (C=O) groups excluding carboxylic acids is 3. The molecule has 2 aliphatic rings. The molecule has 0 bridgehead atoms. The lowest BCUT2D eigenvalue weighted by Gasteiger charge is -2.35. The average Bonchev–Trinajstić information content (AvgIpc) is 3.21. The molecule has 0 unspecified atom stereocenters. The maximum absolute atomic E-state index is 13.1. The van der Waals surface area contributed by atoms with Gasteiger partial charge >= 0.3 is 12.2 Å². The number of amides is 3. The van der Waals surface area contributed by atoms with Crippen LogP contribution in [0.2, 0.25) is 0 Å². The van der Waals surface area contributed by atoms with Crippen LogP contribution >= 0.6 is 0 Å². The maximum Gasteiger partial charge on any atom is 0.410 e. The lowest BCUT2D eigenvalue weighted by molar-refractivity contribution is -0.136. The van der Waals surface area contributed by atoms with Gasteiger partial charge in [-0.05, 0) is 52.0 Å². The molecular formula is C23H33N3O5. The lowest BCUT2D eigenvalue weighted by atomic mass is 10.0. The van der Waals surface area contributed by atoms with Gasteiger partial charge in [0.15, 0.2) is 0 Å². The van der Waals surface area contributed by atoms with Crippen molar-refractivity contribution < 1.29 is 23.9 Å². The van der Waals surface area contributed by atoms with Crippen LogP contribution in [0.4, 0.5) is 9.59 Å². The third-order valence-corrected chi connectivity index (χ3v) is 5.50. The van der Waals surface area contributed by atoms with Crippen molar-refractivity contribution in [2.75, 3.05) is 19.6 Å². The van der Waals surface area contributed by atoms with Crippen molar-refractivity contribution >= 4 is 18.1 Å².